The first-order chi connectivity index (χ1) is 17.2. The van der Waals surface area contributed by atoms with Gasteiger partial charge in [-0.05, 0) is 81.5 Å². The summed E-state index contributed by atoms with van der Waals surface area (Å²) < 4.78 is 2.09. The number of rotatable bonds is 14. The second-order valence-electron chi connectivity index (χ2n) is 9.87. The average molecular weight is 478 g/mol. The lowest BCUT2D eigenvalue weighted by Crippen LogP contribution is -2.32. The van der Waals surface area contributed by atoms with E-state index in [1.54, 1.807) is 0 Å². The summed E-state index contributed by atoms with van der Waals surface area (Å²) in [5.74, 6) is 2.02. The van der Waals surface area contributed by atoms with E-state index in [2.05, 4.69) is 73.3 Å². The van der Waals surface area contributed by atoms with Crippen molar-refractivity contribution >= 4 is 5.69 Å². The Bertz CT molecular complexity index is 1000. The van der Waals surface area contributed by atoms with Gasteiger partial charge in [-0.15, -0.1) is 0 Å². The van der Waals surface area contributed by atoms with Crippen molar-refractivity contribution < 1.29 is 0 Å². The number of unbranched alkanes of at least 4 members (excludes halogenated alkanes) is 1. The van der Waals surface area contributed by atoms with Gasteiger partial charge in [-0.25, -0.2) is 9.97 Å². The number of nitrogens with zero attached hydrogens (tertiary/aromatic N) is 6. The van der Waals surface area contributed by atoms with E-state index >= 15 is 0 Å². The molecular weight excluding hydrogens is 434 g/mol. The minimum absolute atomic E-state index is 0.734. The predicted molar refractivity (Wildman–Crippen MR) is 143 cm³/mol. The Morgan fingerprint density at radius 3 is 2.54 bits per heavy atom. The van der Waals surface area contributed by atoms with Gasteiger partial charge < -0.3 is 19.4 Å². The smallest absolute Gasteiger partial charge is 0.128 e. The van der Waals surface area contributed by atoms with Gasteiger partial charge in [-0.1, -0.05) is 19.9 Å². The molecule has 7 heteroatoms. The molecule has 0 spiro atoms. The normalized spacial score (nSPS) is 13.9. The zero-order valence-electron chi connectivity index (χ0n) is 21.9. The number of aryl methyl sites for hydroxylation is 1. The van der Waals surface area contributed by atoms with Crippen molar-refractivity contribution in [3.8, 4) is 0 Å². The molecule has 1 aromatic carbocycles. The molecule has 0 unspecified atom stereocenters. The summed E-state index contributed by atoms with van der Waals surface area (Å²) in [6.45, 7) is 13.2. The van der Waals surface area contributed by atoms with Crippen LogP contribution in [0.4, 0.5) is 5.69 Å². The van der Waals surface area contributed by atoms with Gasteiger partial charge in [0.15, 0.2) is 0 Å². The Balaban J connectivity index is 1.35. The Morgan fingerprint density at radius 1 is 0.971 bits per heavy atom. The van der Waals surface area contributed by atoms with Crippen molar-refractivity contribution in [2.75, 3.05) is 37.6 Å². The fourth-order valence-corrected chi connectivity index (χ4v) is 5.15. The van der Waals surface area contributed by atoms with Gasteiger partial charge in [0.05, 0.1) is 13.1 Å². The van der Waals surface area contributed by atoms with Gasteiger partial charge >= 0.3 is 0 Å². The molecule has 0 amide bonds. The van der Waals surface area contributed by atoms with Crippen molar-refractivity contribution in [3.05, 3.63) is 65.8 Å². The van der Waals surface area contributed by atoms with Crippen LogP contribution in [0.3, 0.4) is 0 Å². The van der Waals surface area contributed by atoms with Crippen LogP contribution in [0.5, 0.6) is 0 Å². The number of benzene rings is 1. The van der Waals surface area contributed by atoms with E-state index in [-0.39, 0.29) is 0 Å². The quantitative estimate of drug-likeness (QED) is 0.344. The number of imidazole rings is 2. The summed E-state index contributed by atoms with van der Waals surface area (Å²) in [7, 11) is 2.06. The summed E-state index contributed by atoms with van der Waals surface area (Å²) >= 11 is 0. The molecule has 0 aliphatic carbocycles. The van der Waals surface area contributed by atoms with Crippen LogP contribution < -0.4 is 4.90 Å². The fourth-order valence-electron chi connectivity index (χ4n) is 5.15. The standard InChI is InChI=1S/C28H43N7/c1-4-14-33(15-5-2)16-6-7-17-34-18-10-24-20-26(9-8-25(24)21-34)35(22-27-29-11-12-30-27)23-28-31-13-19-32(28)3/h8-9,11-13,19-20H,4-7,10,14-18,21-23H2,1-3H3,(H,29,30). The Labute approximate surface area is 211 Å². The molecule has 1 aliphatic heterocycles. The fraction of sp³-hybridized carbons (Fsp3) is 0.571. The van der Waals surface area contributed by atoms with Gasteiger partial charge in [0.25, 0.3) is 0 Å². The molecule has 190 valence electrons. The largest absolute Gasteiger partial charge is 0.357 e. The molecule has 0 radical (unpaired) electrons. The molecule has 2 aromatic heterocycles. The van der Waals surface area contributed by atoms with Crippen LogP contribution >= 0.6 is 0 Å². The summed E-state index contributed by atoms with van der Waals surface area (Å²) in [5.41, 5.74) is 4.21. The van der Waals surface area contributed by atoms with Crippen molar-refractivity contribution in [2.45, 2.75) is 65.6 Å². The van der Waals surface area contributed by atoms with E-state index in [1.165, 1.54) is 68.7 Å². The highest BCUT2D eigenvalue weighted by atomic mass is 15.2. The number of fused-ring (bicyclic) bond motifs is 1. The predicted octanol–water partition coefficient (Wildman–Crippen LogP) is 4.61. The topological polar surface area (TPSA) is 56.2 Å². The van der Waals surface area contributed by atoms with Crippen LogP contribution in [-0.4, -0.2) is 62.0 Å². The molecule has 3 aromatic rings. The van der Waals surface area contributed by atoms with E-state index in [1.807, 2.05) is 24.8 Å². The molecule has 1 N–H and O–H groups in total. The highest BCUT2D eigenvalue weighted by Crippen LogP contribution is 2.27. The molecule has 3 heterocycles. The monoisotopic (exact) mass is 477 g/mol. The van der Waals surface area contributed by atoms with Crippen LogP contribution in [0.1, 0.15) is 62.3 Å². The average Bonchev–Trinajstić information content (AvgIpc) is 3.53. The van der Waals surface area contributed by atoms with Gasteiger partial charge in [0, 0.05) is 50.6 Å². The van der Waals surface area contributed by atoms with Crippen molar-refractivity contribution in [1.29, 1.82) is 0 Å². The first-order valence-corrected chi connectivity index (χ1v) is 13.4. The number of H-pyrrole nitrogens is 1. The minimum atomic E-state index is 0.734. The van der Waals surface area contributed by atoms with Crippen LogP contribution in [0.15, 0.2) is 43.0 Å². The summed E-state index contributed by atoms with van der Waals surface area (Å²) in [4.78, 5) is 19.9. The van der Waals surface area contributed by atoms with Gasteiger partial charge in [0.2, 0.25) is 0 Å². The van der Waals surface area contributed by atoms with Crippen LogP contribution in [0.2, 0.25) is 0 Å². The van der Waals surface area contributed by atoms with Gasteiger partial charge in [-0.2, -0.15) is 0 Å². The Hall–Kier alpha value is -2.64. The minimum Gasteiger partial charge on any atom is -0.357 e. The lowest BCUT2D eigenvalue weighted by atomic mass is 9.98. The van der Waals surface area contributed by atoms with Crippen molar-refractivity contribution in [1.82, 2.24) is 29.3 Å². The van der Waals surface area contributed by atoms with Crippen molar-refractivity contribution in [2.24, 2.45) is 7.05 Å². The van der Waals surface area contributed by atoms with E-state index in [0.717, 1.165) is 44.2 Å². The molecule has 7 nitrogen and oxygen atoms in total. The highest BCUT2D eigenvalue weighted by molar-refractivity contribution is 5.52. The third kappa shape index (κ3) is 7.18. The molecule has 35 heavy (non-hydrogen) atoms. The van der Waals surface area contributed by atoms with Crippen LogP contribution in [-0.2, 0) is 33.1 Å². The number of aromatic nitrogens is 4. The second-order valence-corrected chi connectivity index (χ2v) is 9.87. The Morgan fingerprint density at radius 2 is 1.83 bits per heavy atom. The van der Waals surface area contributed by atoms with E-state index in [4.69, 9.17) is 0 Å². The summed E-state index contributed by atoms with van der Waals surface area (Å²) in [6, 6.07) is 7.02. The maximum atomic E-state index is 4.56. The van der Waals surface area contributed by atoms with E-state index in [0.29, 0.717) is 0 Å². The lowest BCUT2D eigenvalue weighted by Gasteiger charge is -2.31. The molecule has 0 fully saturated rings. The van der Waals surface area contributed by atoms with Gasteiger partial charge in [-0.3, -0.25) is 4.90 Å². The molecular formula is C28H43N7. The number of aromatic amines is 1. The lowest BCUT2D eigenvalue weighted by molar-refractivity contribution is 0.230. The third-order valence-electron chi connectivity index (χ3n) is 7.07. The second kappa shape index (κ2) is 12.9. The number of anilines is 1. The van der Waals surface area contributed by atoms with Crippen LogP contribution in [0.25, 0.3) is 0 Å². The van der Waals surface area contributed by atoms with E-state index < -0.39 is 0 Å². The zero-order chi connectivity index (χ0) is 24.5. The molecule has 0 bridgehead atoms. The first kappa shape index (κ1) is 25.5. The third-order valence-corrected chi connectivity index (χ3v) is 7.07. The highest BCUT2D eigenvalue weighted by Gasteiger charge is 2.19. The molecule has 0 saturated heterocycles. The van der Waals surface area contributed by atoms with Crippen LogP contribution in [0, 0.1) is 0 Å². The van der Waals surface area contributed by atoms with Gasteiger partial charge in [0.1, 0.15) is 11.6 Å². The molecule has 0 saturated carbocycles. The molecule has 1 aliphatic rings. The maximum Gasteiger partial charge on any atom is 0.128 e. The number of nitrogens with one attached hydrogen (secondary N) is 1. The summed E-state index contributed by atoms with van der Waals surface area (Å²) in [5, 5.41) is 0. The number of hydrogen-bond donors (Lipinski definition) is 1. The van der Waals surface area contributed by atoms with Crippen molar-refractivity contribution in [3.63, 3.8) is 0 Å². The zero-order valence-corrected chi connectivity index (χ0v) is 21.9. The maximum absolute atomic E-state index is 4.56. The number of hydrogen-bond acceptors (Lipinski definition) is 5. The first-order valence-electron chi connectivity index (χ1n) is 13.4. The Kier molecular flexibility index (Phi) is 9.37. The molecule has 4 rings (SSSR count). The summed E-state index contributed by atoms with van der Waals surface area (Å²) in [6.07, 6.45) is 13.8. The van der Waals surface area contributed by atoms with E-state index in [9.17, 15) is 0 Å². The molecule has 0 atom stereocenters. The SMILES string of the molecule is CCCN(CCC)CCCCN1CCc2cc(N(Cc3ncc[nH]3)Cc3nccn3C)ccc2C1.